The van der Waals surface area contributed by atoms with Crippen molar-refractivity contribution in [2.75, 3.05) is 4.90 Å². The van der Waals surface area contributed by atoms with Crippen LogP contribution in [0, 0.1) is 11.7 Å². The van der Waals surface area contributed by atoms with Gasteiger partial charge in [0.05, 0.1) is 17.8 Å². The van der Waals surface area contributed by atoms with Crippen LogP contribution in [0.5, 0.6) is 0 Å². The Morgan fingerprint density at radius 3 is 2.35 bits per heavy atom. The fourth-order valence-corrected chi connectivity index (χ4v) is 3.59. The lowest BCUT2D eigenvalue weighted by Crippen LogP contribution is -2.46. The van der Waals surface area contributed by atoms with E-state index in [1.54, 1.807) is 4.90 Å². The van der Waals surface area contributed by atoms with Crippen molar-refractivity contribution in [3.8, 4) is 0 Å². The molecule has 1 aromatic rings. The van der Waals surface area contributed by atoms with Gasteiger partial charge >= 0.3 is 6.18 Å². The smallest absolute Gasteiger partial charge is 0.363 e. The van der Waals surface area contributed by atoms with E-state index in [9.17, 15) is 17.6 Å². The molecule has 0 aliphatic carbocycles. The molecule has 2 unspecified atom stereocenters. The van der Waals surface area contributed by atoms with E-state index < -0.39 is 17.9 Å². The predicted molar refractivity (Wildman–Crippen MR) is 67.3 cm³/mol. The summed E-state index contributed by atoms with van der Waals surface area (Å²) >= 11 is 5.77. The van der Waals surface area contributed by atoms with Crippen molar-refractivity contribution in [3.05, 3.63) is 23.2 Å². The van der Waals surface area contributed by atoms with E-state index in [1.807, 2.05) is 0 Å². The summed E-state index contributed by atoms with van der Waals surface area (Å²) in [6, 6.07) is 0.859. The third-order valence-corrected chi connectivity index (χ3v) is 4.48. The maximum atomic E-state index is 13.9. The number of alkyl halides is 3. The van der Waals surface area contributed by atoms with Gasteiger partial charge in [0.25, 0.3) is 0 Å². The van der Waals surface area contributed by atoms with E-state index in [0.29, 0.717) is 12.8 Å². The Labute approximate surface area is 118 Å². The van der Waals surface area contributed by atoms with Crippen molar-refractivity contribution >= 4 is 17.3 Å². The van der Waals surface area contributed by atoms with Gasteiger partial charge in [0.2, 0.25) is 0 Å². The number of pyridine rings is 1. The van der Waals surface area contributed by atoms with Gasteiger partial charge < -0.3 is 4.90 Å². The average molecular weight is 309 g/mol. The number of halogens is 5. The molecule has 2 aliphatic heterocycles. The van der Waals surface area contributed by atoms with Crippen molar-refractivity contribution in [1.82, 2.24) is 4.98 Å². The quantitative estimate of drug-likeness (QED) is 0.571. The average Bonchev–Trinajstić information content (AvgIpc) is 2.61. The largest absolute Gasteiger partial charge is 0.391 e. The second kappa shape index (κ2) is 4.76. The minimum absolute atomic E-state index is 0.0272. The highest BCUT2D eigenvalue weighted by atomic mass is 35.5. The zero-order chi connectivity index (χ0) is 14.5. The molecule has 0 amide bonds. The molecular formula is C13H13ClF4N2. The highest BCUT2D eigenvalue weighted by Crippen LogP contribution is 2.47. The van der Waals surface area contributed by atoms with Crippen molar-refractivity contribution in [2.45, 2.75) is 43.9 Å². The molecule has 2 nitrogen and oxygen atoms in total. The van der Waals surface area contributed by atoms with Crippen molar-refractivity contribution in [1.29, 1.82) is 0 Å². The molecule has 0 radical (unpaired) electrons. The van der Waals surface area contributed by atoms with Crippen molar-refractivity contribution in [3.63, 3.8) is 0 Å². The molecule has 0 aromatic carbocycles. The van der Waals surface area contributed by atoms with Crippen LogP contribution in [0.25, 0.3) is 0 Å². The van der Waals surface area contributed by atoms with Gasteiger partial charge in [-0.05, 0) is 25.7 Å². The van der Waals surface area contributed by atoms with E-state index in [-0.39, 0.29) is 35.8 Å². The second-order valence-corrected chi connectivity index (χ2v) is 5.85. The Morgan fingerprint density at radius 1 is 1.20 bits per heavy atom. The fraction of sp³-hybridized carbons (Fsp3) is 0.615. The lowest BCUT2D eigenvalue weighted by molar-refractivity contribution is -0.182. The van der Waals surface area contributed by atoms with E-state index in [4.69, 9.17) is 11.6 Å². The summed E-state index contributed by atoms with van der Waals surface area (Å²) in [5.41, 5.74) is 0.276. The number of aromatic nitrogens is 1. The van der Waals surface area contributed by atoms with Crippen LogP contribution in [-0.2, 0) is 0 Å². The van der Waals surface area contributed by atoms with Gasteiger partial charge in [-0.25, -0.2) is 9.37 Å². The number of nitrogens with zero attached hydrogens (tertiary/aromatic N) is 2. The third-order valence-electron chi connectivity index (χ3n) is 4.28. The molecule has 0 spiro atoms. The lowest BCUT2D eigenvalue weighted by atomic mass is 9.90. The van der Waals surface area contributed by atoms with Gasteiger partial charge in [-0.15, -0.1) is 0 Å². The van der Waals surface area contributed by atoms with Gasteiger partial charge in [0.1, 0.15) is 5.15 Å². The first kappa shape index (κ1) is 13.9. The normalized spacial score (nSPS) is 29.9. The highest BCUT2D eigenvalue weighted by molar-refractivity contribution is 6.29. The number of rotatable bonds is 1. The van der Waals surface area contributed by atoms with Gasteiger partial charge in [-0.3, -0.25) is 0 Å². The molecule has 2 fully saturated rings. The van der Waals surface area contributed by atoms with Gasteiger partial charge in [-0.2, -0.15) is 13.2 Å². The SMILES string of the molecule is Fc1cnc(Cl)cc1N1C2CCC1CC(C(F)(F)F)C2. The maximum absolute atomic E-state index is 13.9. The monoisotopic (exact) mass is 308 g/mol. The van der Waals surface area contributed by atoms with Crippen molar-refractivity contribution in [2.24, 2.45) is 5.92 Å². The molecule has 1 aromatic heterocycles. The maximum Gasteiger partial charge on any atom is 0.391 e. The van der Waals surface area contributed by atoms with Crippen LogP contribution < -0.4 is 4.90 Å². The zero-order valence-electron chi connectivity index (χ0n) is 10.5. The fourth-order valence-electron chi connectivity index (χ4n) is 3.44. The summed E-state index contributed by atoms with van der Waals surface area (Å²) in [7, 11) is 0. The Balaban J connectivity index is 1.89. The molecule has 0 saturated carbocycles. The zero-order valence-corrected chi connectivity index (χ0v) is 11.3. The summed E-state index contributed by atoms with van der Waals surface area (Å²) < 4.78 is 52.5. The number of piperidine rings is 1. The van der Waals surface area contributed by atoms with E-state index in [1.165, 1.54) is 6.07 Å². The Kier molecular flexibility index (Phi) is 3.31. The first-order chi connectivity index (χ1) is 9.36. The van der Waals surface area contributed by atoms with Crippen LogP contribution in [-0.4, -0.2) is 23.2 Å². The van der Waals surface area contributed by atoms with Gasteiger partial charge in [-0.1, -0.05) is 11.6 Å². The van der Waals surface area contributed by atoms with E-state index in [2.05, 4.69) is 4.98 Å². The summed E-state index contributed by atoms with van der Waals surface area (Å²) in [6.07, 6.45) is -1.76. The highest BCUT2D eigenvalue weighted by Gasteiger charge is 2.50. The molecule has 20 heavy (non-hydrogen) atoms. The molecule has 2 bridgehead atoms. The molecule has 2 saturated heterocycles. The molecule has 110 valence electrons. The molecule has 7 heteroatoms. The molecule has 3 rings (SSSR count). The first-order valence-corrected chi connectivity index (χ1v) is 6.90. The number of hydrogen-bond acceptors (Lipinski definition) is 2. The topological polar surface area (TPSA) is 16.1 Å². The minimum Gasteiger partial charge on any atom is -0.363 e. The standard InChI is InChI=1S/C13H13ClF4N2/c14-12-5-11(10(15)6-19-12)20-8-1-2-9(20)4-7(3-8)13(16,17)18/h5-9H,1-4H2. The lowest BCUT2D eigenvalue weighted by Gasteiger charge is -2.41. The number of fused-ring (bicyclic) bond motifs is 2. The van der Waals surface area contributed by atoms with Gasteiger partial charge in [0.15, 0.2) is 5.82 Å². The van der Waals surface area contributed by atoms with Crippen LogP contribution >= 0.6 is 11.6 Å². The molecule has 0 N–H and O–H groups in total. The summed E-state index contributed by atoms with van der Waals surface area (Å²) in [6.45, 7) is 0. The second-order valence-electron chi connectivity index (χ2n) is 5.46. The first-order valence-electron chi connectivity index (χ1n) is 6.52. The van der Waals surface area contributed by atoms with E-state index >= 15 is 0 Å². The Bertz CT molecular complexity index is 506. The Hall–Kier alpha value is -1.04. The molecule has 3 heterocycles. The summed E-state index contributed by atoms with van der Waals surface area (Å²) in [5.74, 6) is -1.81. The van der Waals surface area contributed by atoms with Crippen LogP contribution in [0.15, 0.2) is 12.3 Å². The van der Waals surface area contributed by atoms with Crippen LogP contribution in [0.3, 0.4) is 0 Å². The Morgan fingerprint density at radius 2 is 1.80 bits per heavy atom. The number of hydrogen-bond donors (Lipinski definition) is 0. The van der Waals surface area contributed by atoms with Crippen LogP contribution in [0.1, 0.15) is 25.7 Å². The molecular weight excluding hydrogens is 296 g/mol. The summed E-state index contributed by atoms with van der Waals surface area (Å²) in [5, 5.41) is 0.152. The van der Waals surface area contributed by atoms with Gasteiger partial charge in [0, 0.05) is 18.2 Å². The van der Waals surface area contributed by atoms with Crippen molar-refractivity contribution < 1.29 is 17.6 Å². The van der Waals surface area contributed by atoms with E-state index in [0.717, 1.165) is 6.20 Å². The van der Waals surface area contributed by atoms with Crippen LogP contribution in [0.2, 0.25) is 5.15 Å². The summed E-state index contributed by atoms with van der Waals surface area (Å²) in [4.78, 5) is 5.41. The predicted octanol–water partition coefficient (Wildman–Crippen LogP) is 4.18. The molecule has 2 atom stereocenters. The van der Waals surface area contributed by atoms with Crippen LogP contribution in [0.4, 0.5) is 23.2 Å². The third kappa shape index (κ3) is 2.34. The molecule has 2 aliphatic rings. The minimum atomic E-state index is -4.17. The number of anilines is 1.